The number of hydrogen-bond donors (Lipinski definition) is 1. The topological polar surface area (TPSA) is 96.4 Å². The number of hydrogen-bond acceptors (Lipinski definition) is 6. The van der Waals surface area contributed by atoms with Crippen LogP contribution in [0.5, 0.6) is 0 Å². The van der Waals surface area contributed by atoms with Crippen LogP contribution < -0.4 is 4.90 Å². The van der Waals surface area contributed by atoms with E-state index < -0.39 is 41.1 Å². The van der Waals surface area contributed by atoms with Gasteiger partial charge in [0, 0.05) is 12.2 Å². The minimum atomic E-state index is -1.18. The molecule has 1 aromatic rings. The van der Waals surface area contributed by atoms with Crippen LogP contribution in [0.15, 0.2) is 30.9 Å². The van der Waals surface area contributed by atoms with Crippen LogP contribution in [0.25, 0.3) is 0 Å². The number of aliphatic hydroxyl groups excluding tert-OH is 1. The van der Waals surface area contributed by atoms with Gasteiger partial charge in [0.05, 0.1) is 30.8 Å². The van der Waals surface area contributed by atoms with Crippen molar-refractivity contribution < 1.29 is 29.0 Å². The zero-order valence-electron chi connectivity index (χ0n) is 23.5. The van der Waals surface area contributed by atoms with Gasteiger partial charge in [-0.15, -0.1) is 6.58 Å². The average molecular weight is 527 g/mol. The molecule has 1 spiro atoms. The van der Waals surface area contributed by atoms with Gasteiger partial charge >= 0.3 is 5.97 Å². The van der Waals surface area contributed by atoms with Crippen LogP contribution in [0, 0.1) is 31.6 Å². The molecule has 3 fully saturated rings. The van der Waals surface area contributed by atoms with Crippen LogP contribution >= 0.6 is 0 Å². The van der Waals surface area contributed by atoms with Crippen molar-refractivity contribution in [1.29, 1.82) is 0 Å². The maximum atomic E-state index is 14.7. The normalized spacial score (nSPS) is 31.2. The van der Waals surface area contributed by atoms with Crippen LogP contribution in [0.3, 0.4) is 0 Å². The standard InChI is InChI=1S/C30H42N2O6/c1-8-15-31(21-16-18(4)11-12-20(21)6)27(35)25-30-14-13-29(7,38-30)24(28(36)37-10-3)23(30)26(34)32(25)22(17-33)19(5)9-2/h8,11-12,16,19,22-25,33H,1,9-10,13-15,17H2,2-7H3/t19-,22-,23-,24+,25?,29-,30?/m0/s1. The van der Waals surface area contributed by atoms with Gasteiger partial charge in [-0.25, -0.2) is 0 Å². The Kier molecular flexibility index (Phi) is 7.79. The van der Waals surface area contributed by atoms with E-state index in [1.54, 1.807) is 22.8 Å². The quantitative estimate of drug-likeness (QED) is 0.370. The van der Waals surface area contributed by atoms with Crippen LogP contribution in [0.2, 0.25) is 0 Å². The number of aliphatic hydroxyl groups is 1. The monoisotopic (exact) mass is 526 g/mol. The molecule has 3 heterocycles. The summed E-state index contributed by atoms with van der Waals surface area (Å²) in [7, 11) is 0. The molecule has 208 valence electrons. The van der Waals surface area contributed by atoms with Crippen LogP contribution in [-0.2, 0) is 23.9 Å². The first-order chi connectivity index (χ1) is 18.0. The van der Waals surface area contributed by atoms with Crippen molar-refractivity contribution in [2.75, 3.05) is 24.7 Å². The van der Waals surface area contributed by atoms with E-state index in [1.165, 1.54) is 0 Å². The number of esters is 1. The van der Waals surface area contributed by atoms with E-state index in [-0.39, 0.29) is 37.5 Å². The minimum absolute atomic E-state index is 0.0723. The molecule has 8 nitrogen and oxygen atoms in total. The highest BCUT2D eigenvalue weighted by Gasteiger charge is 2.79. The molecular weight excluding hydrogens is 484 g/mol. The number of benzene rings is 1. The number of likely N-dealkylation sites (tertiary alicyclic amines) is 1. The van der Waals surface area contributed by atoms with Crippen molar-refractivity contribution in [1.82, 2.24) is 4.90 Å². The van der Waals surface area contributed by atoms with Gasteiger partial charge in [0.1, 0.15) is 17.6 Å². The Hall–Kier alpha value is -2.71. The first-order valence-corrected chi connectivity index (χ1v) is 13.8. The molecule has 3 saturated heterocycles. The summed E-state index contributed by atoms with van der Waals surface area (Å²) >= 11 is 0. The van der Waals surface area contributed by atoms with Crippen LogP contribution in [-0.4, -0.2) is 70.8 Å². The van der Waals surface area contributed by atoms with Gasteiger partial charge in [0.25, 0.3) is 5.91 Å². The predicted octanol–water partition coefficient (Wildman–Crippen LogP) is 3.56. The van der Waals surface area contributed by atoms with Crippen molar-refractivity contribution in [2.24, 2.45) is 17.8 Å². The summed E-state index contributed by atoms with van der Waals surface area (Å²) in [5, 5.41) is 10.5. The molecule has 3 aliphatic heterocycles. The van der Waals surface area contributed by atoms with E-state index >= 15 is 0 Å². The lowest BCUT2D eigenvalue weighted by atomic mass is 9.66. The maximum absolute atomic E-state index is 14.7. The Labute approximate surface area is 226 Å². The molecular formula is C30H42N2O6. The number of fused-ring (bicyclic) bond motifs is 1. The smallest absolute Gasteiger partial charge is 0.312 e. The second-order valence-corrected chi connectivity index (χ2v) is 11.4. The van der Waals surface area contributed by atoms with Gasteiger partial charge in [0.15, 0.2) is 0 Å². The molecule has 0 radical (unpaired) electrons. The number of nitrogens with zero attached hydrogens (tertiary/aromatic N) is 2. The van der Waals surface area contributed by atoms with Crippen molar-refractivity contribution in [3.8, 4) is 0 Å². The summed E-state index contributed by atoms with van der Waals surface area (Å²) in [5.41, 5.74) is 0.586. The van der Waals surface area contributed by atoms with Gasteiger partial charge in [-0.05, 0) is 63.6 Å². The number of amides is 2. The van der Waals surface area contributed by atoms with E-state index in [1.807, 2.05) is 52.8 Å². The summed E-state index contributed by atoms with van der Waals surface area (Å²) < 4.78 is 12.1. The molecule has 0 aliphatic carbocycles. The number of anilines is 1. The Morgan fingerprint density at radius 2 is 2.03 bits per heavy atom. The highest BCUT2D eigenvalue weighted by Crippen LogP contribution is 2.64. The summed E-state index contributed by atoms with van der Waals surface area (Å²) in [5.74, 6) is -2.81. The first-order valence-electron chi connectivity index (χ1n) is 13.8. The Balaban J connectivity index is 1.89. The van der Waals surface area contributed by atoms with Gasteiger partial charge in [0.2, 0.25) is 5.91 Å². The zero-order chi connectivity index (χ0) is 28.0. The van der Waals surface area contributed by atoms with Crippen molar-refractivity contribution >= 4 is 23.5 Å². The van der Waals surface area contributed by atoms with E-state index in [2.05, 4.69) is 6.58 Å². The first kappa shape index (κ1) is 28.3. The average Bonchev–Trinajstić information content (AvgIpc) is 3.45. The third-order valence-electron chi connectivity index (χ3n) is 9.07. The number of rotatable bonds is 10. The van der Waals surface area contributed by atoms with Crippen molar-refractivity contribution in [3.05, 3.63) is 42.0 Å². The molecule has 3 aliphatic rings. The summed E-state index contributed by atoms with van der Waals surface area (Å²) in [4.78, 5) is 45.5. The predicted molar refractivity (Wildman–Crippen MR) is 144 cm³/mol. The maximum Gasteiger partial charge on any atom is 0.312 e. The van der Waals surface area contributed by atoms with E-state index in [4.69, 9.17) is 9.47 Å². The second kappa shape index (κ2) is 10.5. The number of carbonyl (C=O) groups excluding carboxylic acids is 3. The Morgan fingerprint density at radius 3 is 2.63 bits per heavy atom. The second-order valence-electron chi connectivity index (χ2n) is 11.4. The van der Waals surface area contributed by atoms with Crippen molar-refractivity contribution in [3.63, 3.8) is 0 Å². The molecule has 0 saturated carbocycles. The lowest BCUT2D eigenvalue weighted by Crippen LogP contribution is -2.60. The fraction of sp³-hybridized carbons (Fsp3) is 0.633. The van der Waals surface area contributed by atoms with E-state index in [0.717, 1.165) is 16.8 Å². The molecule has 2 unspecified atom stereocenters. The largest absolute Gasteiger partial charge is 0.466 e. The summed E-state index contributed by atoms with van der Waals surface area (Å²) in [6, 6.07) is 4.34. The van der Waals surface area contributed by atoms with Crippen molar-refractivity contribution in [2.45, 2.75) is 84.1 Å². The third-order valence-corrected chi connectivity index (χ3v) is 9.07. The fourth-order valence-electron chi connectivity index (χ4n) is 7.00. The lowest BCUT2D eigenvalue weighted by Gasteiger charge is -2.41. The summed E-state index contributed by atoms with van der Waals surface area (Å²) in [6.07, 6.45) is 3.39. The molecule has 1 aromatic carbocycles. The fourth-order valence-corrected chi connectivity index (χ4v) is 7.00. The number of ether oxygens (including phenoxy) is 2. The van der Waals surface area contributed by atoms with Crippen LogP contribution in [0.1, 0.15) is 58.1 Å². The SMILES string of the molecule is C=CCN(C(=O)C1N([C@@H](CO)[C@@H](C)CC)C(=O)[C@@H]2[C@H](C(=O)OCC)[C@]3(C)CCC12O3)c1cc(C)ccc1C. The van der Waals surface area contributed by atoms with Gasteiger partial charge < -0.3 is 24.4 Å². The minimum Gasteiger partial charge on any atom is -0.466 e. The number of aryl methyl sites for hydroxylation is 2. The highest BCUT2D eigenvalue weighted by atomic mass is 16.6. The molecule has 1 N–H and O–H groups in total. The van der Waals surface area contributed by atoms with E-state index in [9.17, 15) is 19.5 Å². The Morgan fingerprint density at radius 1 is 1.32 bits per heavy atom. The molecule has 2 bridgehead atoms. The zero-order valence-corrected chi connectivity index (χ0v) is 23.5. The summed E-state index contributed by atoms with van der Waals surface area (Å²) in [6.45, 7) is 15.5. The lowest BCUT2D eigenvalue weighted by molar-refractivity contribution is -0.160. The molecule has 2 amide bonds. The number of carbonyl (C=O) groups is 3. The molecule has 0 aromatic heterocycles. The molecule has 7 atom stereocenters. The van der Waals surface area contributed by atoms with Crippen LogP contribution in [0.4, 0.5) is 5.69 Å². The molecule has 38 heavy (non-hydrogen) atoms. The Bertz CT molecular complexity index is 1120. The highest BCUT2D eigenvalue weighted by molar-refractivity contribution is 6.05. The molecule has 8 heteroatoms. The molecule has 4 rings (SSSR count). The van der Waals surface area contributed by atoms with E-state index in [0.29, 0.717) is 19.3 Å². The van der Waals surface area contributed by atoms with Gasteiger partial charge in [-0.3, -0.25) is 14.4 Å². The third kappa shape index (κ3) is 4.16. The van der Waals surface area contributed by atoms with Gasteiger partial charge in [-0.2, -0.15) is 0 Å². The van der Waals surface area contributed by atoms with Gasteiger partial charge in [-0.1, -0.05) is 38.5 Å².